The monoisotopic (exact) mass is 541 g/mol. The molecule has 202 valence electrons. The lowest BCUT2D eigenvalue weighted by Crippen LogP contribution is -2.35. The number of anilines is 2. The summed E-state index contributed by atoms with van der Waals surface area (Å²) in [7, 11) is -4.28. The Morgan fingerprint density at radius 2 is 2.00 bits per heavy atom. The van der Waals surface area contributed by atoms with Crippen molar-refractivity contribution >= 4 is 27.6 Å². The van der Waals surface area contributed by atoms with Gasteiger partial charge in [-0.05, 0) is 61.6 Å². The molecule has 0 spiro atoms. The van der Waals surface area contributed by atoms with E-state index in [4.69, 9.17) is 15.5 Å². The first-order chi connectivity index (χ1) is 18.1. The molecule has 38 heavy (non-hydrogen) atoms. The van der Waals surface area contributed by atoms with Crippen molar-refractivity contribution in [3.63, 3.8) is 0 Å². The number of halogens is 1. The molecular weight excluding hydrogens is 509 g/mol. The van der Waals surface area contributed by atoms with Crippen LogP contribution in [0.2, 0.25) is 0 Å². The predicted octanol–water partition coefficient (Wildman–Crippen LogP) is 4.40. The summed E-state index contributed by atoms with van der Waals surface area (Å²) in [5.41, 5.74) is 6.64. The molecule has 3 aromatic rings. The van der Waals surface area contributed by atoms with Crippen molar-refractivity contribution in [2.24, 2.45) is 5.92 Å². The molecule has 1 atom stereocenters. The number of ether oxygens (including phenoxy) is 1. The summed E-state index contributed by atoms with van der Waals surface area (Å²) in [5.74, 6) is -0.308. The number of amides is 1. The third-order valence-electron chi connectivity index (χ3n) is 6.24. The van der Waals surface area contributed by atoms with E-state index in [1.165, 1.54) is 36.4 Å². The minimum absolute atomic E-state index is 0.0155. The van der Waals surface area contributed by atoms with Gasteiger partial charge in [-0.2, -0.15) is 8.42 Å². The van der Waals surface area contributed by atoms with Gasteiger partial charge in [-0.1, -0.05) is 26.8 Å². The Morgan fingerprint density at radius 1 is 1.21 bits per heavy atom. The molecule has 1 aliphatic heterocycles. The SMILES string of the molecule is CCC1CCCN1c1nc(-c2cc(F)cc(OCC(C)C)c2)ccc1C(=O)NS(=O)(=O)c1cccc(N)n1. The molecule has 11 heteroatoms. The summed E-state index contributed by atoms with van der Waals surface area (Å²) in [4.78, 5) is 23.9. The van der Waals surface area contributed by atoms with E-state index in [-0.39, 0.29) is 28.4 Å². The number of carbonyl (C=O) groups excluding carboxylic acids is 1. The topological polar surface area (TPSA) is 128 Å². The molecule has 3 heterocycles. The second kappa shape index (κ2) is 11.3. The molecule has 1 saturated heterocycles. The number of sulfonamides is 1. The van der Waals surface area contributed by atoms with Gasteiger partial charge in [0.05, 0.1) is 17.9 Å². The number of aromatic nitrogens is 2. The van der Waals surface area contributed by atoms with E-state index >= 15 is 0 Å². The molecule has 0 bridgehead atoms. The molecule has 1 fully saturated rings. The fourth-order valence-electron chi connectivity index (χ4n) is 4.41. The van der Waals surface area contributed by atoms with Crippen molar-refractivity contribution in [2.45, 2.75) is 51.1 Å². The van der Waals surface area contributed by atoms with Crippen molar-refractivity contribution in [1.29, 1.82) is 0 Å². The maximum Gasteiger partial charge on any atom is 0.281 e. The fourth-order valence-corrected chi connectivity index (χ4v) is 5.35. The zero-order valence-corrected chi connectivity index (χ0v) is 22.5. The molecule has 0 saturated carbocycles. The normalized spacial score (nSPS) is 15.6. The Hall–Kier alpha value is -3.73. The lowest BCUT2D eigenvalue weighted by Gasteiger charge is -2.27. The van der Waals surface area contributed by atoms with Crippen LogP contribution in [-0.2, 0) is 10.0 Å². The smallest absolute Gasteiger partial charge is 0.281 e. The number of nitrogens with two attached hydrogens (primary N) is 1. The van der Waals surface area contributed by atoms with Gasteiger partial charge in [0.1, 0.15) is 23.2 Å². The Morgan fingerprint density at radius 3 is 2.71 bits per heavy atom. The van der Waals surface area contributed by atoms with Crippen molar-refractivity contribution in [3.8, 4) is 17.0 Å². The van der Waals surface area contributed by atoms with Crippen molar-refractivity contribution in [2.75, 3.05) is 23.8 Å². The van der Waals surface area contributed by atoms with E-state index in [0.29, 0.717) is 36.0 Å². The lowest BCUT2D eigenvalue weighted by atomic mass is 10.1. The van der Waals surface area contributed by atoms with Crippen LogP contribution < -0.4 is 20.1 Å². The highest BCUT2D eigenvalue weighted by atomic mass is 32.2. The zero-order valence-electron chi connectivity index (χ0n) is 21.6. The van der Waals surface area contributed by atoms with Crippen molar-refractivity contribution < 1.29 is 22.3 Å². The standard InChI is InChI=1S/C27H32FN5O4S/c1-4-20-7-6-12-33(20)26-22(27(34)32-38(35,36)25-9-5-8-24(29)31-25)10-11-23(30-26)18-13-19(28)15-21(14-18)37-16-17(2)3/h5,8-11,13-15,17,20H,4,6-7,12,16H2,1-3H3,(H2,29,31)(H,32,34). The van der Waals surface area contributed by atoms with Crippen LogP contribution in [0.15, 0.2) is 53.6 Å². The summed E-state index contributed by atoms with van der Waals surface area (Å²) in [6, 6.07) is 11.7. The first-order valence-electron chi connectivity index (χ1n) is 12.6. The van der Waals surface area contributed by atoms with Gasteiger partial charge in [-0.3, -0.25) is 4.79 Å². The molecule has 2 aromatic heterocycles. The lowest BCUT2D eigenvalue weighted by molar-refractivity contribution is 0.0981. The number of rotatable bonds is 9. The van der Waals surface area contributed by atoms with Crippen molar-refractivity contribution in [3.05, 3.63) is 59.9 Å². The number of nitrogens with zero attached hydrogens (tertiary/aromatic N) is 3. The van der Waals surface area contributed by atoms with Crippen molar-refractivity contribution in [1.82, 2.24) is 14.7 Å². The van der Waals surface area contributed by atoms with Crippen LogP contribution in [0.1, 0.15) is 50.4 Å². The molecule has 1 amide bonds. The number of pyridine rings is 2. The first kappa shape index (κ1) is 27.3. The molecule has 1 aromatic carbocycles. The van der Waals surface area contributed by atoms with Crippen LogP contribution in [0.4, 0.5) is 16.0 Å². The van der Waals surface area contributed by atoms with E-state index in [0.717, 1.165) is 19.3 Å². The number of carbonyl (C=O) groups is 1. The van der Waals surface area contributed by atoms with Crippen LogP contribution in [0.25, 0.3) is 11.3 Å². The summed E-state index contributed by atoms with van der Waals surface area (Å²) >= 11 is 0. The van der Waals surface area contributed by atoms with Gasteiger partial charge < -0.3 is 15.4 Å². The van der Waals surface area contributed by atoms with Crippen LogP contribution in [0.3, 0.4) is 0 Å². The van der Waals surface area contributed by atoms with E-state index in [2.05, 4.69) is 9.71 Å². The minimum Gasteiger partial charge on any atom is -0.493 e. The average Bonchev–Trinajstić information content (AvgIpc) is 3.35. The first-order valence-corrected chi connectivity index (χ1v) is 14.1. The number of hydrogen-bond acceptors (Lipinski definition) is 8. The number of hydrogen-bond donors (Lipinski definition) is 2. The fraction of sp³-hybridized carbons (Fsp3) is 0.370. The minimum atomic E-state index is -4.28. The van der Waals surface area contributed by atoms with Crippen LogP contribution >= 0.6 is 0 Å². The second-order valence-electron chi connectivity index (χ2n) is 9.68. The Labute approximate surface area is 222 Å². The Bertz CT molecular complexity index is 1430. The molecule has 3 N–H and O–H groups in total. The van der Waals surface area contributed by atoms with Crippen LogP contribution in [0, 0.1) is 11.7 Å². The highest BCUT2D eigenvalue weighted by Gasteiger charge is 2.30. The molecular formula is C27H32FN5O4S. The summed E-state index contributed by atoms with van der Waals surface area (Å²) in [5, 5.41) is -0.363. The average molecular weight is 542 g/mol. The largest absolute Gasteiger partial charge is 0.493 e. The van der Waals surface area contributed by atoms with E-state index in [9.17, 15) is 17.6 Å². The highest BCUT2D eigenvalue weighted by Crippen LogP contribution is 2.32. The van der Waals surface area contributed by atoms with Crippen LogP contribution in [-0.4, -0.2) is 43.5 Å². The molecule has 4 rings (SSSR count). The van der Waals surface area contributed by atoms with Gasteiger partial charge in [-0.15, -0.1) is 0 Å². The summed E-state index contributed by atoms with van der Waals surface area (Å²) in [6.45, 7) is 7.14. The third-order valence-corrected chi connectivity index (χ3v) is 7.47. The molecule has 0 aliphatic carbocycles. The molecule has 9 nitrogen and oxygen atoms in total. The highest BCUT2D eigenvalue weighted by molar-refractivity contribution is 7.90. The number of nitrogens with one attached hydrogen (secondary N) is 1. The molecule has 1 unspecified atom stereocenters. The van der Waals surface area contributed by atoms with E-state index in [1.807, 2.05) is 25.7 Å². The van der Waals surface area contributed by atoms with E-state index in [1.54, 1.807) is 12.1 Å². The van der Waals surface area contributed by atoms with Gasteiger partial charge in [-0.25, -0.2) is 19.1 Å². The zero-order chi connectivity index (χ0) is 27.4. The van der Waals surface area contributed by atoms with Gasteiger partial charge in [0.2, 0.25) is 0 Å². The Kier molecular flexibility index (Phi) is 8.15. The quantitative estimate of drug-likeness (QED) is 0.408. The van der Waals surface area contributed by atoms with Gasteiger partial charge in [0, 0.05) is 24.2 Å². The summed E-state index contributed by atoms with van der Waals surface area (Å²) < 4.78 is 48.0. The summed E-state index contributed by atoms with van der Waals surface area (Å²) in [6.07, 6.45) is 2.65. The molecule has 0 radical (unpaired) electrons. The van der Waals surface area contributed by atoms with Gasteiger partial charge in [0.25, 0.3) is 15.9 Å². The van der Waals surface area contributed by atoms with E-state index < -0.39 is 21.7 Å². The number of benzene rings is 1. The Balaban J connectivity index is 1.73. The maximum absolute atomic E-state index is 14.5. The second-order valence-corrected chi connectivity index (χ2v) is 11.3. The third kappa shape index (κ3) is 6.21. The molecule has 1 aliphatic rings. The van der Waals surface area contributed by atoms with Gasteiger partial charge in [0.15, 0.2) is 5.03 Å². The predicted molar refractivity (Wildman–Crippen MR) is 144 cm³/mol. The number of nitrogen functional groups attached to an aromatic ring is 1. The van der Waals surface area contributed by atoms with Crippen LogP contribution in [0.5, 0.6) is 5.75 Å². The maximum atomic E-state index is 14.5. The van der Waals surface area contributed by atoms with Gasteiger partial charge >= 0.3 is 0 Å².